The number of ether oxygens (including phenoxy) is 1. The fourth-order valence-electron chi connectivity index (χ4n) is 6.32. The maximum Gasteiger partial charge on any atom is 0.287 e. The number of nitrogens with zero attached hydrogens (tertiary/aromatic N) is 2. The molecule has 2 aliphatic rings. The molecule has 1 saturated heterocycles. The van der Waals surface area contributed by atoms with Crippen LogP contribution in [0.2, 0.25) is 0 Å². The molecule has 2 fully saturated rings. The van der Waals surface area contributed by atoms with Crippen LogP contribution in [0.3, 0.4) is 0 Å². The molecule has 4 aromatic rings. The van der Waals surface area contributed by atoms with Crippen molar-refractivity contribution < 1.29 is 28.6 Å². The highest BCUT2D eigenvalue weighted by Crippen LogP contribution is 2.31. The van der Waals surface area contributed by atoms with Crippen LogP contribution in [0.25, 0.3) is 21.4 Å². The predicted octanol–water partition coefficient (Wildman–Crippen LogP) is 5.14. The quantitative estimate of drug-likeness (QED) is 0.186. The highest BCUT2D eigenvalue weighted by atomic mass is 35.5. The monoisotopic (exact) mass is 709 g/mol. The molecule has 2 aromatic carbocycles. The number of rotatable bonds is 9. The SMILES string of the molecule is Cc1ncsc1-c1ccc([C@H](C)NC(=O)[C@@H]2C[C@@H](O)CN2C(=O)[C@@H](NC(=O)c2cc3cc(O[C@H]4C[C@@H](N)C4)ccc3o2)C(C)(C)C)cc1.Cl. The first kappa shape index (κ1) is 36.3. The van der Waals surface area contributed by atoms with E-state index in [-0.39, 0.29) is 55.2 Å². The Hall–Kier alpha value is -3.97. The van der Waals surface area contributed by atoms with E-state index >= 15 is 0 Å². The van der Waals surface area contributed by atoms with Gasteiger partial charge in [0, 0.05) is 24.4 Å². The van der Waals surface area contributed by atoms with E-state index in [9.17, 15) is 19.5 Å². The summed E-state index contributed by atoms with van der Waals surface area (Å²) >= 11 is 1.58. The highest BCUT2D eigenvalue weighted by Gasteiger charge is 2.45. The summed E-state index contributed by atoms with van der Waals surface area (Å²) in [5, 5.41) is 17.2. The number of aliphatic hydroxyl groups excluding tert-OH is 1. The van der Waals surface area contributed by atoms with Crippen molar-refractivity contribution >= 4 is 52.4 Å². The van der Waals surface area contributed by atoms with E-state index in [1.807, 2.05) is 70.5 Å². The minimum atomic E-state index is -0.999. The molecule has 0 unspecified atom stereocenters. The number of nitrogens with two attached hydrogens (primary N) is 1. The number of furan rings is 1. The number of likely N-dealkylation sites (tertiary alicyclic amines) is 1. The van der Waals surface area contributed by atoms with Crippen LogP contribution >= 0.6 is 23.7 Å². The lowest BCUT2D eigenvalue weighted by Crippen LogP contribution is -2.57. The van der Waals surface area contributed by atoms with Crippen LogP contribution < -0.4 is 21.1 Å². The fourth-order valence-corrected chi connectivity index (χ4v) is 7.13. The van der Waals surface area contributed by atoms with Crippen molar-refractivity contribution in [2.45, 2.75) is 90.3 Å². The molecule has 3 amide bonds. The number of aliphatic hydroxyl groups is 1. The van der Waals surface area contributed by atoms with Crippen molar-refractivity contribution in [3.05, 3.63) is 71.1 Å². The van der Waals surface area contributed by atoms with Crippen LogP contribution in [0.5, 0.6) is 5.75 Å². The van der Waals surface area contributed by atoms with Crippen LogP contribution in [-0.2, 0) is 9.59 Å². The van der Waals surface area contributed by atoms with Gasteiger partial charge in [-0.25, -0.2) is 4.98 Å². The number of halogens is 1. The lowest BCUT2D eigenvalue weighted by Gasteiger charge is -2.35. The number of aromatic nitrogens is 1. The Balaban J connectivity index is 0.00000468. The van der Waals surface area contributed by atoms with E-state index in [1.54, 1.807) is 29.5 Å². The molecule has 3 heterocycles. The third-order valence-corrected chi connectivity index (χ3v) is 10.2. The second kappa shape index (κ2) is 14.5. The Labute approximate surface area is 296 Å². The summed E-state index contributed by atoms with van der Waals surface area (Å²) < 4.78 is 11.8. The first-order valence-corrected chi connectivity index (χ1v) is 17.2. The summed E-state index contributed by atoms with van der Waals surface area (Å²) in [4.78, 5) is 48.0. The number of carbonyl (C=O) groups excluding carboxylic acids is 3. The number of thiazole rings is 1. The molecule has 1 saturated carbocycles. The zero-order chi connectivity index (χ0) is 34.3. The molecule has 13 heteroatoms. The van der Waals surface area contributed by atoms with Crippen LogP contribution in [-0.4, -0.2) is 69.6 Å². The number of carbonyl (C=O) groups is 3. The lowest BCUT2D eigenvalue weighted by molar-refractivity contribution is -0.142. The summed E-state index contributed by atoms with van der Waals surface area (Å²) in [7, 11) is 0. The molecule has 6 rings (SSSR count). The van der Waals surface area contributed by atoms with E-state index in [0.717, 1.165) is 34.5 Å². The average molecular weight is 710 g/mol. The number of hydrogen-bond donors (Lipinski definition) is 4. The summed E-state index contributed by atoms with van der Waals surface area (Å²) in [6.07, 6.45) is 0.906. The van der Waals surface area contributed by atoms with Crippen molar-refractivity contribution in [3.8, 4) is 16.2 Å². The maximum absolute atomic E-state index is 14.1. The topological polar surface area (TPSA) is 160 Å². The molecule has 4 atom stereocenters. The number of fused-ring (bicyclic) bond motifs is 1. The Morgan fingerprint density at radius 2 is 1.80 bits per heavy atom. The number of amides is 3. The molecular weight excluding hydrogens is 666 g/mol. The number of hydrogen-bond acceptors (Lipinski definition) is 9. The molecule has 5 N–H and O–H groups in total. The van der Waals surface area contributed by atoms with Crippen molar-refractivity contribution in [2.24, 2.45) is 11.1 Å². The second-order valence-corrected chi connectivity index (χ2v) is 14.9. The molecule has 11 nitrogen and oxygen atoms in total. The normalized spacial score (nSPS) is 21.7. The summed E-state index contributed by atoms with van der Waals surface area (Å²) in [5.41, 5.74) is 10.4. The van der Waals surface area contributed by atoms with Crippen LogP contribution in [0, 0.1) is 12.3 Å². The van der Waals surface area contributed by atoms with Gasteiger partial charge in [0.25, 0.3) is 5.91 Å². The molecule has 1 aliphatic heterocycles. The molecule has 0 spiro atoms. The zero-order valence-electron chi connectivity index (χ0n) is 28.3. The second-order valence-electron chi connectivity index (χ2n) is 14.1. The van der Waals surface area contributed by atoms with E-state index in [2.05, 4.69) is 15.6 Å². The molecule has 262 valence electrons. The first-order valence-electron chi connectivity index (χ1n) is 16.3. The van der Waals surface area contributed by atoms with Crippen molar-refractivity contribution in [1.82, 2.24) is 20.5 Å². The summed E-state index contributed by atoms with van der Waals surface area (Å²) in [5.74, 6) is -0.652. The van der Waals surface area contributed by atoms with Gasteiger partial charge in [0.15, 0.2) is 5.76 Å². The van der Waals surface area contributed by atoms with Crippen molar-refractivity contribution in [1.29, 1.82) is 0 Å². The van der Waals surface area contributed by atoms with Gasteiger partial charge in [-0.15, -0.1) is 23.7 Å². The smallest absolute Gasteiger partial charge is 0.287 e. The average Bonchev–Trinajstić information content (AvgIpc) is 3.76. The van der Waals surface area contributed by atoms with Gasteiger partial charge in [0.05, 0.1) is 28.2 Å². The molecule has 1 aliphatic carbocycles. The first-order chi connectivity index (χ1) is 22.8. The van der Waals surface area contributed by atoms with E-state index < -0.39 is 35.4 Å². The Bertz CT molecular complexity index is 1810. The van der Waals surface area contributed by atoms with Gasteiger partial charge in [-0.05, 0) is 67.5 Å². The van der Waals surface area contributed by atoms with E-state index in [1.165, 1.54) is 4.90 Å². The van der Waals surface area contributed by atoms with Gasteiger partial charge in [-0.2, -0.15) is 0 Å². The lowest BCUT2D eigenvalue weighted by atomic mass is 9.85. The highest BCUT2D eigenvalue weighted by molar-refractivity contribution is 7.13. The van der Waals surface area contributed by atoms with Gasteiger partial charge in [0.2, 0.25) is 11.8 Å². The predicted molar refractivity (Wildman–Crippen MR) is 191 cm³/mol. The van der Waals surface area contributed by atoms with Crippen LogP contribution in [0.4, 0.5) is 0 Å². The number of nitrogens with one attached hydrogen (secondary N) is 2. The largest absolute Gasteiger partial charge is 0.490 e. The third-order valence-electron chi connectivity index (χ3n) is 9.18. The van der Waals surface area contributed by atoms with E-state index in [4.69, 9.17) is 14.9 Å². The van der Waals surface area contributed by atoms with E-state index in [0.29, 0.717) is 16.7 Å². The molecule has 49 heavy (non-hydrogen) atoms. The van der Waals surface area contributed by atoms with Crippen molar-refractivity contribution in [2.75, 3.05) is 6.54 Å². The van der Waals surface area contributed by atoms with Crippen LogP contribution in [0.15, 0.2) is 58.5 Å². The number of aryl methyl sites for hydroxylation is 1. The van der Waals surface area contributed by atoms with Gasteiger partial charge in [-0.3, -0.25) is 14.4 Å². The zero-order valence-corrected chi connectivity index (χ0v) is 29.9. The Morgan fingerprint density at radius 3 is 2.43 bits per heavy atom. The molecule has 0 bridgehead atoms. The van der Waals surface area contributed by atoms with Crippen LogP contribution in [0.1, 0.15) is 74.8 Å². The number of β-amino-alcohol motifs (C(OH)–C–C–N with tert-alkyl or cyclic N) is 1. The summed E-state index contributed by atoms with van der Waals surface area (Å²) in [6.45, 7) is 9.35. The number of benzene rings is 2. The van der Waals surface area contributed by atoms with Gasteiger partial charge in [0.1, 0.15) is 29.5 Å². The fraction of sp³-hybridized carbons (Fsp3) is 0.444. The Kier molecular flexibility index (Phi) is 10.7. The molecule has 2 aromatic heterocycles. The Morgan fingerprint density at radius 1 is 1.08 bits per heavy atom. The summed E-state index contributed by atoms with van der Waals surface area (Å²) in [6, 6.07) is 12.9. The minimum absolute atomic E-state index is 0. The van der Waals surface area contributed by atoms with Gasteiger partial charge < -0.3 is 35.5 Å². The minimum Gasteiger partial charge on any atom is -0.490 e. The van der Waals surface area contributed by atoms with Crippen molar-refractivity contribution in [3.63, 3.8) is 0 Å². The van der Waals surface area contributed by atoms with Gasteiger partial charge in [-0.1, -0.05) is 45.0 Å². The maximum atomic E-state index is 14.1. The van der Waals surface area contributed by atoms with Gasteiger partial charge >= 0.3 is 0 Å². The third kappa shape index (κ3) is 7.93. The molecule has 0 radical (unpaired) electrons. The standard InChI is InChI=1S/C36H43N5O6S.ClH/c1-19(21-6-8-22(9-7-21)31-20(2)38-18-48-31)39-33(43)28-16-25(42)17-41(28)35(45)32(36(3,4)5)40-34(44)30-13-23-12-26(10-11-29(23)47-30)46-27-14-24(37)15-27;/h6-13,18-19,24-25,27-28,32,42H,14-17,37H2,1-5H3,(H,39,43)(H,40,44);1H/t19-,24-,25+,27+,28-,32+;/m0./s1. The molecular formula is C36H44ClN5O6S.